The molecular weight excluding hydrogens is 259 g/mol. The molecule has 0 aromatic heterocycles. The Hall–Kier alpha value is -1.62. The van der Waals surface area contributed by atoms with Gasteiger partial charge in [-0.25, -0.2) is 9.18 Å². The van der Waals surface area contributed by atoms with Crippen molar-refractivity contribution in [3.63, 3.8) is 0 Å². The number of hydrogen-bond acceptors (Lipinski definition) is 2. The molecule has 0 radical (unpaired) electrons. The first kappa shape index (κ1) is 14.8. The number of benzene rings is 1. The van der Waals surface area contributed by atoms with E-state index in [1.807, 2.05) is 0 Å². The summed E-state index contributed by atoms with van der Waals surface area (Å²) >= 11 is 0. The van der Waals surface area contributed by atoms with Crippen molar-refractivity contribution in [2.45, 2.75) is 38.3 Å². The van der Waals surface area contributed by atoms with Crippen LogP contribution in [0.25, 0.3) is 0 Å². The van der Waals surface area contributed by atoms with Gasteiger partial charge in [0.25, 0.3) is 0 Å². The number of piperidine rings is 1. The third-order valence-electron chi connectivity index (χ3n) is 3.68. The molecule has 1 aromatic rings. The zero-order valence-electron chi connectivity index (χ0n) is 11.5. The van der Waals surface area contributed by atoms with Crippen molar-refractivity contribution in [1.29, 1.82) is 0 Å². The SMILES string of the molecule is O=C(NCc1cccc(F)c1)N1CCCCC1CCO. The van der Waals surface area contributed by atoms with E-state index in [4.69, 9.17) is 5.11 Å². The van der Waals surface area contributed by atoms with Crippen LogP contribution >= 0.6 is 0 Å². The first-order valence-electron chi connectivity index (χ1n) is 7.10. The van der Waals surface area contributed by atoms with Gasteiger partial charge in [-0.2, -0.15) is 0 Å². The van der Waals surface area contributed by atoms with E-state index in [0.29, 0.717) is 13.0 Å². The molecule has 1 atom stereocenters. The number of rotatable bonds is 4. The van der Waals surface area contributed by atoms with E-state index >= 15 is 0 Å². The molecule has 2 amide bonds. The Kier molecular flexibility index (Phi) is 5.35. The first-order valence-corrected chi connectivity index (χ1v) is 7.10. The minimum Gasteiger partial charge on any atom is -0.396 e. The van der Waals surface area contributed by atoms with Crippen LogP contribution in [0.1, 0.15) is 31.2 Å². The average Bonchev–Trinajstić information content (AvgIpc) is 2.46. The molecule has 110 valence electrons. The maximum Gasteiger partial charge on any atom is 0.317 e. The molecule has 0 saturated carbocycles. The highest BCUT2D eigenvalue weighted by atomic mass is 19.1. The van der Waals surface area contributed by atoms with Gasteiger partial charge >= 0.3 is 6.03 Å². The van der Waals surface area contributed by atoms with Gasteiger partial charge in [-0.15, -0.1) is 0 Å². The van der Waals surface area contributed by atoms with Crippen LogP contribution in [0.15, 0.2) is 24.3 Å². The van der Waals surface area contributed by atoms with E-state index in [2.05, 4.69) is 5.32 Å². The maximum atomic E-state index is 13.1. The van der Waals surface area contributed by atoms with E-state index < -0.39 is 0 Å². The van der Waals surface area contributed by atoms with Gasteiger partial charge in [-0.1, -0.05) is 12.1 Å². The fourth-order valence-electron chi connectivity index (χ4n) is 2.64. The van der Waals surface area contributed by atoms with Gasteiger partial charge in [-0.3, -0.25) is 0 Å². The molecule has 2 rings (SSSR count). The Bertz CT molecular complexity index is 451. The zero-order valence-corrected chi connectivity index (χ0v) is 11.5. The van der Waals surface area contributed by atoms with Crippen molar-refractivity contribution in [2.24, 2.45) is 0 Å². The third kappa shape index (κ3) is 3.93. The van der Waals surface area contributed by atoms with Gasteiger partial charge in [0.05, 0.1) is 0 Å². The molecule has 4 nitrogen and oxygen atoms in total. The molecule has 1 heterocycles. The number of likely N-dealkylation sites (tertiary alicyclic amines) is 1. The highest BCUT2D eigenvalue weighted by molar-refractivity contribution is 5.74. The van der Waals surface area contributed by atoms with Gasteiger partial charge in [0.2, 0.25) is 0 Å². The minimum atomic E-state index is -0.298. The van der Waals surface area contributed by atoms with Gasteiger partial charge in [0.15, 0.2) is 0 Å². The molecule has 20 heavy (non-hydrogen) atoms. The topological polar surface area (TPSA) is 52.6 Å². The van der Waals surface area contributed by atoms with Crippen molar-refractivity contribution in [2.75, 3.05) is 13.2 Å². The predicted molar refractivity (Wildman–Crippen MR) is 74.7 cm³/mol. The van der Waals surface area contributed by atoms with Crippen molar-refractivity contribution < 1.29 is 14.3 Å². The Balaban J connectivity index is 1.89. The summed E-state index contributed by atoms with van der Waals surface area (Å²) in [6.45, 7) is 1.14. The van der Waals surface area contributed by atoms with E-state index in [9.17, 15) is 9.18 Å². The average molecular weight is 280 g/mol. The van der Waals surface area contributed by atoms with Crippen LogP contribution < -0.4 is 5.32 Å². The molecule has 1 aliphatic heterocycles. The molecule has 1 fully saturated rings. The molecule has 2 N–H and O–H groups in total. The summed E-state index contributed by atoms with van der Waals surface area (Å²) in [6.07, 6.45) is 3.65. The number of halogens is 1. The number of urea groups is 1. The summed E-state index contributed by atoms with van der Waals surface area (Å²) < 4.78 is 13.1. The monoisotopic (exact) mass is 280 g/mol. The van der Waals surface area contributed by atoms with Gasteiger partial charge < -0.3 is 15.3 Å². The molecule has 0 aliphatic carbocycles. The predicted octanol–water partition coefficient (Wildman–Crippen LogP) is 2.27. The Morgan fingerprint density at radius 1 is 1.45 bits per heavy atom. The number of aliphatic hydroxyl groups is 1. The smallest absolute Gasteiger partial charge is 0.317 e. The molecule has 0 bridgehead atoms. The zero-order chi connectivity index (χ0) is 14.4. The Morgan fingerprint density at radius 2 is 2.30 bits per heavy atom. The van der Waals surface area contributed by atoms with E-state index in [1.54, 1.807) is 17.0 Å². The molecule has 1 aliphatic rings. The number of aliphatic hydroxyl groups excluding tert-OH is 1. The van der Waals surface area contributed by atoms with Crippen LogP contribution in [-0.2, 0) is 6.54 Å². The number of hydrogen-bond donors (Lipinski definition) is 2. The third-order valence-corrected chi connectivity index (χ3v) is 3.68. The second-order valence-corrected chi connectivity index (χ2v) is 5.14. The lowest BCUT2D eigenvalue weighted by molar-refractivity contribution is 0.131. The van der Waals surface area contributed by atoms with Crippen LogP contribution in [0.4, 0.5) is 9.18 Å². The van der Waals surface area contributed by atoms with Crippen LogP contribution in [-0.4, -0.2) is 35.2 Å². The molecule has 0 spiro atoms. The van der Waals surface area contributed by atoms with Crippen LogP contribution in [0, 0.1) is 5.82 Å². The summed E-state index contributed by atoms with van der Waals surface area (Å²) in [7, 11) is 0. The van der Waals surface area contributed by atoms with E-state index in [-0.39, 0.29) is 24.5 Å². The Morgan fingerprint density at radius 3 is 3.05 bits per heavy atom. The second-order valence-electron chi connectivity index (χ2n) is 5.14. The largest absolute Gasteiger partial charge is 0.396 e. The van der Waals surface area contributed by atoms with Crippen molar-refractivity contribution in [3.05, 3.63) is 35.6 Å². The molecule has 5 heteroatoms. The standard InChI is InChI=1S/C15H21FN2O2/c16-13-5-3-4-12(10-13)11-17-15(20)18-8-2-1-6-14(18)7-9-19/h3-5,10,14,19H,1-2,6-9,11H2,(H,17,20). The van der Waals surface area contributed by atoms with E-state index in [0.717, 1.165) is 31.4 Å². The van der Waals surface area contributed by atoms with Crippen molar-refractivity contribution in [3.8, 4) is 0 Å². The summed E-state index contributed by atoms with van der Waals surface area (Å²) in [5.41, 5.74) is 0.745. The van der Waals surface area contributed by atoms with Crippen LogP contribution in [0.3, 0.4) is 0 Å². The quantitative estimate of drug-likeness (QED) is 0.889. The van der Waals surface area contributed by atoms with Gasteiger partial charge in [0, 0.05) is 25.7 Å². The summed E-state index contributed by atoms with van der Waals surface area (Å²) in [5.74, 6) is -0.298. The van der Waals surface area contributed by atoms with Crippen LogP contribution in [0.5, 0.6) is 0 Å². The molecule has 1 saturated heterocycles. The number of carbonyl (C=O) groups is 1. The highest BCUT2D eigenvalue weighted by Gasteiger charge is 2.25. The number of carbonyl (C=O) groups excluding carboxylic acids is 1. The second kappa shape index (κ2) is 7.24. The summed E-state index contributed by atoms with van der Waals surface area (Å²) in [6, 6.07) is 6.19. The lowest BCUT2D eigenvalue weighted by atomic mass is 10.0. The van der Waals surface area contributed by atoms with Crippen LogP contribution in [0.2, 0.25) is 0 Å². The summed E-state index contributed by atoms with van der Waals surface area (Å²) in [5, 5.41) is 11.9. The van der Waals surface area contributed by atoms with Crippen molar-refractivity contribution >= 4 is 6.03 Å². The molecular formula is C15H21FN2O2. The van der Waals surface area contributed by atoms with Gasteiger partial charge in [-0.05, 0) is 43.4 Å². The fourth-order valence-corrected chi connectivity index (χ4v) is 2.64. The fraction of sp³-hybridized carbons (Fsp3) is 0.533. The number of amides is 2. The normalized spacial score (nSPS) is 18.9. The highest BCUT2D eigenvalue weighted by Crippen LogP contribution is 2.19. The summed E-state index contributed by atoms with van der Waals surface area (Å²) in [4.78, 5) is 14.0. The number of nitrogens with one attached hydrogen (secondary N) is 1. The molecule has 1 unspecified atom stereocenters. The van der Waals surface area contributed by atoms with E-state index in [1.165, 1.54) is 12.1 Å². The Labute approximate surface area is 118 Å². The lowest BCUT2D eigenvalue weighted by Crippen LogP contribution is -2.48. The van der Waals surface area contributed by atoms with Crippen molar-refractivity contribution in [1.82, 2.24) is 10.2 Å². The maximum absolute atomic E-state index is 13.1. The minimum absolute atomic E-state index is 0.0956. The van der Waals surface area contributed by atoms with Gasteiger partial charge in [0.1, 0.15) is 5.82 Å². The number of nitrogens with zero attached hydrogens (tertiary/aromatic N) is 1. The first-order chi connectivity index (χ1) is 9.70. The molecule has 1 aromatic carbocycles. The lowest BCUT2D eigenvalue weighted by Gasteiger charge is -2.35.